The maximum absolute atomic E-state index is 14.8. The number of hydrogen-bond donors (Lipinski definition) is 4. The number of nitrogens with zero attached hydrogens (tertiary/aromatic N) is 4. The van der Waals surface area contributed by atoms with Crippen LogP contribution in [-0.2, 0) is 39.0 Å². The number of nitrogens with one attached hydrogen (secondary N) is 1. The SMILES string of the molecule is C=CC[C@H]1C(=O)O[C@@H](CC)[C@]2(n3ccc(N)nc3=O)OC(=O)N(CCCCN)[C@@H]2[C@@H](C)NC[C@H](C)C[C@@](C)(OC)[C@H](O[C@@H]2O[C@H](C)CC(N(C)C)C2O)[C@H](C)C1=O. The number of unbranched alkanes of at least 4 members (excludes halogenated alkanes) is 1. The lowest BCUT2D eigenvalue weighted by molar-refractivity contribution is -0.295. The van der Waals surface area contributed by atoms with Crippen LogP contribution < -0.4 is 22.5 Å². The lowest BCUT2D eigenvalue weighted by Crippen LogP contribution is -2.65. The van der Waals surface area contributed by atoms with Crippen LogP contribution in [0.15, 0.2) is 29.7 Å². The lowest BCUT2D eigenvalue weighted by Gasteiger charge is -2.46. The molecule has 3 saturated heterocycles. The average Bonchev–Trinajstić information content (AvgIpc) is 3.45. The minimum Gasteiger partial charge on any atom is -0.455 e. The molecule has 17 heteroatoms. The number of esters is 1. The van der Waals surface area contributed by atoms with Crippen molar-refractivity contribution in [1.29, 1.82) is 0 Å². The molecule has 322 valence electrons. The zero-order valence-electron chi connectivity index (χ0n) is 35.2. The number of likely N-dealkylation sites (N-methyl/N-ethyl adjacent to an activating group) is 1. The van der Waals surface area contributed by atoms with Gasteiger partial charge in [-0.1, -0.05) is 26.8 Å². The number of methoxy groups -OCH3 is 1. The Morgan fingerprint density at radius 3 is 2.47 bits per heavy atom. The molecule has 0 aromatic carbocycles. The Morgan fingerprint density at radius 2 is 1.88 bits per heavy atom. The summed E-state index contributed by atoms with van der Waals surface area (Å²) < 4.78 is 32.9. The van der Waals surface area contributed by atoms with Gasteiger partial charge < -0.3 is 50.5 Å². The number of fused-ring (bicyclic) bond motifs is 1. The molecule has 4 heterocycles. The second-order valence-electron chi connectivity index (χ2n) is 16.5. The monoisotopic (exact) mass is 805 g/mol. The van der Waals surface area contributed by atoms with E-state index in [1.807, 2.05) is 46.7 Å². The number of allylic oxidation sites excluding steroid dienone is 1. The predicted molar refractivity (Wildman–Crippen MR) is 213 cm³/mol. The minimum absolute atomic E-state index is 0.0445. The van der Waals surface area contributed by atoms with Crippen LogP contribution in [0.25, 0.3) is 0 Å². The first-order chi connectivity index (χ1) is 26.9. The molecular weight excluding hydrogens is 738 g/mol. The smallest absolute Gasteiger partial charge is 0.412 e. The van der Waals surface area contributed by atoms with Gasteiger partial charge in [-0.05, 0) is 98.5 Å². The highest BCUT2D eigenvalue weighted by molar-refractivity contribution is 6.00. The number of nitrogen functional groups attached to an aromatic ring is 1. The minimum atomic E-state index is -1.94. The molecule has 0 aliphatic carbocycles. The van der Waals surface area contributed by atoms with Gasteiger partial charge in [0, 0.05) is 37.9 Å². The van der Waals surface area contributed by atoms with Crippen molar-refractivity contribution in [3.05, 3.63) is 35.4 Å². The lowest BCUT2D eigenvalue weighted by atomic mass is 9.77. The number of carbonyl (C=O) groups is 3. The zero-order valence-corrected chi connectivity index (χ0v) is 35.2. The Labute approximate surface area is 336 Å². The molecule has 13 atom stereocenters. The van der Waals surface area contributed by atoms with Crippen molar-refractivity contribution in [2.75, 3.05) is 46.6 Å². The normalized spacial score (nSPS) is 37.2. The van der Waals surface area contributed by atoms with Crippen LogP contribution in [0.5, 0.6) is 0 Å². The number of aliphatic hydroxyl groups is 1. The maximum Gasteiger partial charge on any atom is 0.412 e. The van der Waals surface area contributed by atoms with Crippen molar-refractivity contribution in [3.8, 4) is 0 Å². The fourth-order valence-corrected chi connectivity index (χ4v) is 8.98. The van der Waals surface area contributed by atoms with Crippen molar-refractivity contribution in [2.45, 2.75) is 140 Å². The van der Waals surface area contributed by atoms with Gasteiger partial charge in [-0.25, -0.2) is 9.59 Å². The Bertz CT molecular complexity index is 1610. The molecule has 0 bridgehead atoms. The van der Waals surface area contributed by atoms with E-state index in [4.69, 9.17) is 35.2 Å². The molecule has 1 aromatic rings. The van der Waals surface area contributed by atoms with Gasteiger partial charge in [0.1, 0.15) is 23.9 Å². The number of carbonyl (C=O) groups excluding carboxylic acids is 3. The van der Waals surface area contributed by atoms with Gasteiger partial charge in [-0.15, -0.1) is 6.58 Å². The fourth-order valence-electron chi connectivity index (χ4n) is 8.98. The summed E-state index contributed by atoms with van der Waals surface area (Å²) in [6.07, 6.45) is -0.468. The number of aromatic nitrogens is 2. The summed E-state index contributed by atoms with van der Waals surface area (Å²) in [5.74, 6) is -3.96. The molecule has 3 aliphatic heterocycles. The second-order valence-corrected chi connectivity index (χ2v) is 16.5. The van der Waals surface area contributed by atoms with Crippen molar-refractivity contribution >= 4 is 23.7 Å². The largest absolute Gasteiger partial charge is 0.455 e. The van der Waals surface area contributed by atoms with E-state index in [0.717, 1.165) is 0 Å². The van der Waals surface area contributed by atoms with Gasteiger partial charge in [0.15, 0.2) is 18.2 Å². The standard InChI is InChI=1S/C40H67N7O10/c1-11-15-27-31(48)25(5)34(56-36-32(49)28(45(8)9)20-24(4)54-36)39(7,53-10)21-23(3)22-43-26(6)33-40(29(12-2)55-35(27)50,47-19-16-30(42)44-37(47)51)57-38(52)46(33)18-14-13-17-41/h11,16,19,23-29,32-34,36,43,49H,1,12-15,17-18,20-22,41H2,2-10H3,(H2,42,44,51)/t23-,24-,25-,26-,27-,28?,29+,32?,33-,34-,36+,39-,40+/m1/s1. The van der Waals surface area contributed by atoms with Crippen LogP contribution in [-0.4, -0.2) is 138 Å². The molecule has 3 fully saturated rings. The molecule has 2 unspecified atom stereocenters. The molecule has 3 aliphatic rings. The number of Topliss-reactive ketones (excluding diaryl/α,β-unsaturated/α-hetero) is 1. The van der Waals surface area contributed by atoms with E-state index in [-0.39, 0.29) is 43.3 Å². The van der Waals surface area contributed by atoms with E-state index in [2.05, 4.69) is 16.9 Å². The highest BCUT2D eigenvalue weighted by Gasteiger charge is 2.63. The molecule has 1 amide bonds. The third-order valence-electron chi connectivity index (χ3n) is 12.0. The molecule has 6 N–H and O–H groups in total. The number of anilines is 1. The number of hydrogen-bond acceptors (Lipinski definition) is 15. The summed E-state index contributed by atoms with van der Waals surface area (Å²) >= 11 is 0. The molecular formula is C40H67N7O10. The van der Waals surface area contributed by atoms with E-state index in [1.54, 1.807) is 25.9 Å². The van der Waals surface area contributed by atoms with E-state index in [0.29, 0.717) is 38.8 Å². The van der Waals surface area contributed by atoms with E-state index in [9.17, 15) is 24.3 Å². The van der Waals surface area contributed by atoms with Crippen LogP contribution in [0.1, 0.15) is 80.1 Å². The van der Waals surface area contributed by atoms with Crippen molar-refractivity contribution in [1.82, 2.24) is 24.7 Å². The first kappa shape index (κ1) is 46.2. The van der Waals surface area contributed by atoms with Crippen LogP contribution in [0.4, 0.5) is 10.6 Å². The third-order valence-corrected chi connectivity index (χ3v) is 12.0. The van der Waals surface area contributed by atoms with Crippen LogP contribution in [0.3, 0.4) is 0 Å². The number of amides is 1. The van der Waals surface area contributed by atoms with Crippen LogP contribution in [0.2, 0.25) is 0 Å². The molecule has 17 nitrogen and oxygen atoms in total. The maximum atomic E-state index is 14.8. The molecule has 4 rings (SSSR count). The van der Waals surface area contributed by atoms with Crippen molar-refractivity contribution in [3.63, 3.8) is 0 Å². The fraction of sp³-hybridized carbons (Fsp3) is 0.775. The Balaban J connectivity index is 1.90. The third kappa shape index (κ3) is 9.72. The number of ether oxygens (including phenoxy) is 5. The van der Waals surface area contributed by atoms with Gasteiger partial charge >= 0.3 is 17.8 Å². The first-order valence-corrected chi connectivity index (χ1v) is 20.2. The molecule has 57 heavy (non-hydrogen) atoms. The number of rotatable bonds is 12. The van der Waals surface area contributed by atoms with Crippen LogP contribution >= 0.6 is 0 Å². The molecule has 0 saturated carbocycles. The van der Waals surface area contributed by atoms with Gasteiger partial charge in [0.25, 0.3) is 5.72 Å². The first-order valence-electron chi connectivity index (χ1n) is 20.2. The number of ketones is 1. The van der Waals surface area contributed by atoms with E-state index in [1.165, 1.54) is 22.9 Å². The second kappa shape index (κ2) is 19.5. The highest BCUT2D eigenvalue weighted by Crippen LogP contribution is 2.43. The molecule has 0 radical (unpaired) electrons. The summed E-state index contributed by atoms with van der Waals surface area (Å²) in [5.41, 5.74) is 7.86. The Hall–Kier alpha value is -3.45. The van der Waals surface area contributed by atoms with Gasteiger partial charge in [-0.2, -0.15) is 4.98 Å². The number of nitrogens with two attached hydrogens (primary N) is 2. The summed E-state index contributed by atoms with van der Waals surface area (Å²) in [6.45, 7) is 15.9. The summed E-state index contributed by atoms with van der Waals surface area (Å²) in [7, 11) is 5.30. The molecule has 0 spiro atoms. The van der Waals surface area contributed by atoms with Gasteiger partial charge in [-0.3, -0.25) is 19.1 Å². The Morgan fingerprint density at radius 1 is 1.18 bits per heavy atom. The van der Waals surface area contributed by atoms with Gasteiger partial charge in [0.2, 0.25) is 0 Å². The topological polar surface area (TPSA) is 223 Å². The van der Waals surface area contributed by atoms with Gasteiger partial charge in [0.05, 0.1) is 17.8 Å². The average molecular weight is 806 g/mol. The number of aliphatic hydroxyl groups excluding tert-OH is 1. The van der Waals surface area contributed by atoms with Crippen molar-refractivity contribution < 1.29 is 43.2 Å². The Kier molecular flexibility index (Phi) is 15.8. The quantitative estimate of drug-likeness (QED) is 0.103. The van der Waals surface area contributed by atoms with E-state index >= 15 is 0 Å². The summed E-state index contributed by atoms with van der Waals surface area (Å²) in [4.78, 5) is 64.7. The summed E-state index contributed by atoms with van der Waals surface area (Å²) in [6, 6.07) is -0.358. The van der Waals surface area contributed by atoms with Crippen molar-refractivity contribution in [2.24, 2.45) is 23.5 Å². The zero-order chi connectivity index (χ0) is 42.4. The van der Waals surface area contributed by atoms with Crippen LogP contribution in [0, 0.1) is 17.8 Å². The predicted octanol–water partition coefficient (Wildman–Crippen LogP) is 1.99. The number of cyclic esters (lactones) is 1. The molecule has 1 aromatic heterocycles. The van der Waals surface area contributed by atoms with E-state index < -0.39 is 83.4 Å². The summed E-state index contributed by atoms with van der Waals surface area (Å²) in [5, 5.41) is 15.1. The highest BCUT2D eigenvalue weighted by atomic mass is 16.7.